The van der Waals surface area contributed by atoms with Gasteiger partial charge in [0.1, 0.15) is 5.75 Å². The molecule has 0 aliphatic rings. The van der Waals surface area contributed by atoms with Gasteiger partial charge < -0.3 is 10.5 Å². The molecular formula is C15H14IN3O. The van der Waals surface area contributed by atoms with Crippen molar-refractivity contribution in [2.45, 2.75) is 6.92 Å². The molecule has 0 unspecified atom stereocenters. The van der Waals surface area contributed by atoms with Crippen molar-refractivity contribution in [2.24, 2.45) is 0 Å². The summed E-state index contributed by atoms with van der Waals surface area (Å²) in [7, 11) is 1.66. The first-order valence-electron chi connectivity index (χ1n) is 6.18. The number of imidazole rings is 1. The first-order chi connectivity index (χ1) is 9.60. The van der Waals surface area contributed by atoms with Crippen molar-refractivity contribution in [2.75, 3.05) is 12.8 Å². The Morgan fingerprint density at radius 1 is 1.20 bits per heavy atom. The van der Waals surface area contributed by atoms with Gasteiger partial charge in [-0.3, -0.25) is 4.57 Å². The Labute approximate surface area is 130 Å². The van der Waals surface area contributed by atoms with Gasteiger partial charge in [-0.25, -0.2) is 4.98 Å². The van der Waals surface area contributed by atoms with Crippen LogP contribution in [0.25, 0.3) is 16.7 Å². The first-order valence-corrected chi connectivity index (χ1v) is 7.26. The van der Waals surface area contributed by atoms with Crippen molar-refractivity contribution in [3.63, 3.8) is 0 Å². The molecule has 5 heteroatoms. The van der Waals surface area contributed by atoms with Crippen LogP contribution in [-0.4, -0.2) is 16.7 Å². The number of fused-ring (bicyclic) bond motifs is 1. The topological polar surface area (TPSA) is 53.1 Å². The van der Waals surface area contributed by atoms with E-state index >= 15 is 0 Å². The van der Waals surface area contributed by atoms with E-state index in [9.17, 15) is 0 Å². The molecule has 1 heterocycles. The van der Waals surface area contributed by atoms with E-state index in [1.807, 2.05) is 47.9 Å². The predicted molar refractivity (Wildman–Crippen MR) is 89.5 cm³/mol. The van der Waals surface area contributed by atoms with Crippen LogP contribution in [0.1, 0.15) is 5.56 Å². The van der Waals surface area contributed by atoms with Crippen LogP contribution in [0.4, 0.5) is 5.95 Å². The third-order valence-corrected chi connectivity index (χ3v) is 3.89. The molecule has 0 bridgehead atoms. The number of rotatable bonds is 2. The molecule has 20 heavy (non-hydrogen) atoms. The molecule has 2 aromatic carbocycles. The summed E-state index contributed by atoms with van der Waals surface area (Å²) >= 11 is 2.27. The number of anilines is 1. The maximum absolute atomic E-state index is 6.10. The molecule has 0 spiro atoms. The number of benzene rings is 2. The molecule has 102 valence electrons. The van der Waals surface area contributed by atoms with Crippen LogP contribution in [0.3, 0.4) is 0 Å². The van der Waals surface area contributed by atoms with E-state index in [1.54, 1.807) is 7.11 Å². The molecule has 1 aromatic heterocycles. The van der Waals surface area contributed by atoms with Crippen LogP contribution in [-0.2, 0) is 0 Å². The average Bonchev–Trinajstić information content (AvgIpc) is 2.73. The normalized spacial score (nSPS) is 10.9. The highest BCUT2D eigenvalue weighted by Gasteiger charge is 2.14. The van der Waals surface area contributed by atoms with Crippen molar-refractivity contribution >= 4 is 39.6 Å². The summed E-state index contributed by atoms with van der Waals surface area (Å²) in [5, 5.41) is 0. The lowest BCUT2D eigenvalue weighted by Gasteiger charge is -2.12. The number of ether oxygens (including phenoxy) is 1. The zero-order valence-corrected chi connectivity index (χ0v) is 13.4. The minimum atomic E-state index is 0.464. The molecule has 4 nitrogen and oxygen atoms in total. The van der Waals surface area contributed by atoms with Gasteiger partial charge in [-0.2, -0.15) is 0 Å². The Kier molecular flexibility index (Phi) is 3.29. The van der Waals surface area contributed by atoms with E-state index in [0.29, 0.717) is 5.95 Å². The molecule has 0 amide bonds. The summed E-state index contributed by atoms with van der Waals surface area (Å²) in [5.74, 6) is 1.24. The van der Waals surface area contributed by atoms with E-state index in [-0.39, 0.29) is 0 Å². The van der Waals surface area contributed by atoms with Crippen LogP contribution in [0.2, 0.25) is 0 Å². The highest BCUT2D eigenvalue weighted by atomic mass is 127. The van der Waals surface area contributed by atoms with Crippen molar-refractivity contribution < 1.29 is 4.74 Å². The van der Waals surface area contributed by atoms with E-state index in [1.165, 1.54) is 0 Å². The van der Waals surface area contributed by atoms with Gasteiger partial charge in [0, 0.05) is 3.57 Å². The van der Waals surface area contributed by atoms with Gasteiger partial charge >= 0.3 is 0 Å². The van der Waals surface area contributed by atoms with Gasteiger partial charge in [0.05, 0.1) is 23.8 Å². The highest BCUT2D eigenvalue weighted by molar-refractivity contribution is 14.1. The lowest BCUT2D eigenvalue weighted by molar-refractivity contribution is 0.413. The number of nitrogens with zero attached hydrogens (tertiary/aromatic N) is 2. The second kappa shape index (κ2) is 4.97. The quantitative estimate of drug-likeness (QED) is 0.694. The molecule has 0 fully saturated rings. The van der Waals surface area contributed by atoms with Crippen molar-refractivity contribution in [1.82, 2.24) is 9.55 Å². The zero-order chi connectivity index (χ0) is 14.3. The number of aromatic nitrogens is 2. The monoisotopic (exact) mass is 379 g/mol. The van der Waals surface area contributed by atoms with Crippen LogP contribution in [0.5, 0.6) is 5.75 Å². The fraction of sp³-hybridized carbons (Fsp3) is 0.133. The van der Waals surface area contributed by atoms with Crippen molar-refractivity contribution in [1.29, 1.82) is 0 Å². The van der Waals surface area contributed by atoms with Crippen LogP contribution >= 0.6 is 22.6 Å². The lowest BCUT2D eigenvalue weighted by atomic mass is 10.2. The molecule has 3 aromatic rings. The maximum Gasteiger partial charge on any atom is 0.206 e. The Morgan fingerprint density at radius 3 is 2.75 bits per heavy atom. The number of nitrogen functional groups attached to an aromatic ring is 1. The van der Waals surface area contributed by atoms with Crippen molar-refractivity contribution in [3.8, 4) is 11.4 Å². The molecule has 0 saturated carbocycles. The van der Waals surface area contributed by atoms with Gasteiger partial charge in [-0.1, -0.05) is 6.07 Å². The first kappa shape index (κ1) is 13.2. The average molecular weight is 379 g/mol. The van der Waals surface area contributed by atoms with Crippen LogP contribution in [0.15, 0.2) is 36.4 Å². The van der Waals surface area contributed by atoms with Gasteiger partial charge in [0.25, 0.3) is 0 Å². The molecule has 0 atom stereocenters. The minimum Gasteiger partial charge on any atom is -0.495 e. The number of methoxy groups -OCH3 is 1. The number of hydrogen-bond acceptors (Lipinski definition) is 3. The van der Waals surface area contributed by atoms with Gasteiger partial charge in [0.2, 0.25) is 5.95 Å². The minimum absolute atomic E-state index is 0.464. The predicted octanol–water partition coefficient (Wildman–Crippen LogP) is 3.53. The smallest absolute Gasteiger partial charge is 0.206 e. The second-order valence-corrected chi connectivity index (χ2v) is 5.86. The van der Waals surface area contributed by atoms with Crippen molar-refractivity contribution in [3.05, 3.63) is 45.5 Å². The second-order valence-electron chi connectivity index (χ2n) is 4.61. The maximum atomic E-state index is 6.10. The van der Waals surface area contributed by atoms with Gasteiger partial charge in [0.15, 0.2) is 0 Å². The molecule has 0 saturated heterocycles. The molecule has 3 rings (SSSR count). The highest BCUT2D eigenvalue weighted by Crippen LogP contribution is 2.30. The van der Waals surface area contributed by atoms with Crippen LogP contribution in [0, 0.1) is 10.5 Å². The molecule has 0 aliphatic carbocycles. The van der Waals surface area contributed by atoms with E-state index in [2.05, 4.69) is 27.6 Å². The van der Waals surface area contributed by atoms with E-state index in [4.69, 9.17) is 10.5 Å². The summed E-state index contributed by atoms with van der Waals surface area (Å²) in [4.78, 5) is 4.44. The Hall–Kier alpha value is -1.76. The summed E-state index contributed by atoms with van der Waals surface area (Å²) in [5.41, 5.74) is 10.0. The summed E-state index contributed by atoms with van der Waals surface area (Å²) in [6, 6.07) is 12.1. The summed E-state index contributed by atoms with van der Waals surface area (Å²) in [6.45, 7) is 2.04. The molecular weight excluding hydrogens is 365 g/mol. The Morgan fingerprint density at radius 2 is 2.00 bits per heavy atom. The molecule has 0 radical (unpaired) electrons. The standard InChI is InChI=1S/C15H14IN3O/c1-9-3-6-14(20-2)13(7-9)19-12-5-4-10(16)8-11(12)18-15(19)17/h3-8H,1-2H3,(H2,17,18). The number of nitrogens with two attached hydrogens (primary N) is 1. The number of aryl methyl sites for hydroxylation is 1. The Balaban J connectivity index is 2.34. The fourth-order valence-corrected chi connectivity index (χ4v) is 2.77. The zero-order valence-electron chi connectivity index (χ0n) is 11.2. The third kappa shape index (κ3) is 2.11. The van der Waals surface area contributed by atoms with E-state index in [0.717, 1.165) is 31.6 Å². The fourth-order valence-electron chi connectivity index (χ4n) is 2.30. The lowest BCUT2D eigenvalue weighted by Crippen LogP contribution is -2.03. The van der Waals surface area contributed by atoms with Gasteiger partial charge in [-0.05, 0) is 65.4 Å². The Bertz CT molecular complexity index is 795. The summed E-state index contributed by atoms with van der Waals surface area (Å²) < 4.78 is 8.51. The van der Waals surface area contributed by atoms with Gasteiger partial charge in [-0.15, -0.1) is 0 Å². The number of halogens is 1. The largest absolute Gasteiger partial charge is 0.495 e. The van der Waals surface area contributed by atoms with E-state index < -0.39 is 0 Å². The molecule has 2 N–H and O–H groups in total. The molecule has 0 aliphatic heterocycles. The van der Waals surface area contributed by atoms with Crippen LogP contribution < -0.4 is 10.5 Å². The summed E-state index contributed by atoms with van der Waals surface area (Å²) in [6.07, 6.45) is 0. The third-order valence-electron chi connectivity index (χ3n) is 3.22. The SMILES string of the molecule is COc1ccc(C)cc1-n1c(N)nc2cc(I)ccc21. The number of hydrogen-bond donors (Lipinski definition) is 1.